The van der Waals surface area contributed by atoms with Crippen LogP contribution in [0.4, 0.5) is 0 Å². The van der Waals surface area contributed by atoms with Gasteiger partial charge in [-0.05, 0) is 18.9 Å². The van der Waals surface area contributed by atoms with Crippen molar-refractivity contribution < 1.29 is 9.53 Å². The van der Waals surface area contributed by atoms with Gasteiger partial charge in [-0.25, -0.2) is 0 Å². The number of ether oxygens (including phenoxy) is 1. The number of rotatable bonds is 4. The van der Waals surface area contributed by atoms with E-state index in [0.717, 1.165) is 23.3 Å². The van der Waals surface area contributed by atoms with Crippen molar-refractivity contribution in [2.45, 2.75) is 25.6 Å². The largest absolute Gasteiger partial charge is 0.496 e. The van der Waals surface area contributed by atoms with Crippen LogP contribution in [0.25, 0.3) is 0 Å². The number of hydrogen-bond acceptors (Lipinski definition) is 2. The van der Waals surface area contributed by atoms with Gasteiger partial charge in [0, 0.05) is 5.56 Å². The average molecular weight is 227 g/mol. The predicted octanol–water partition coefficient (Wildman–Crippen LogP) is 3.13. The minimum absolute atomic E-state index is 0.0665. The third-order valence-corrected chi connectivity index (χ3v) is 2.88. The van der Waals surface area contributed by atoms with Crippen LogP contribution >= 0.6 is 11.6 Å². The SMILES string of the molecule is CCc1cccc(C(Cl)C(C)=O)c1OC. The minimum Gasteiger partial charge on any atom is -0.496 e. The predicted molar refractivity (Wildman–Crippen MR) is 61.6 cm³/mol. The Morgan fingerprint density at radius 3 is 2.67 bits per heavy atom. The first kappa shape index (κ1) is 12.1. The van der Waals surface area contributed by atoms with E-state index < -0.39 is 5.38 Å². The Labute approximate surface area is 95.2 Å². The Bertz CT molecular complexity index is 361. The average Bonchev–Trinajstić information content (AvgIpc) is 2.26. The molecular weight excluding hydrogens is 212 g/mol. The van der Waals surface area contributed by atoms with E-state index in [0.29, 0.717) is 0 Å². The molecule has 0 saturated carbocycles. The maximum Gasteiger partial charge on any atom is 0.152 e. The number of carbonyl (C=O) groups excluding carboxylic acids is 1. The van der Waals surface area contributed by atoms with Crippen molar-refractivity contribution in [2.24, 2.45) is 0 Å². The summed E-state index contributed by atoms with van der Waals surface area (Å²) in [5.41, 5.74) is 1.83. The zero-order valence-electron chi connectivity index (χ0n) is 9.21. The Hall–Kier alpha value is -1.02. The van der Waals surface area contributed by atoms with Crippen LogP contribution < -0.4 is 4.74 Å². The van der Waals surface area contributed by atoms with Crippen LogP contribution in [0.3, 0.4) is 0 Å². The van der Waals surface area contributed by atoms with Gasteiger partial charge in [0.15, 0.2) is 5.78 Å². The van der Waals surface area contributed by atoms with Gasteiger partial charge >= 0.3 is 0 Å². The fourth-order valence-corrected chi connectivity index (χ4v) is 1.72. The molecule has 1 rings (SSSR count). The van der Waals surface area contributed by atoms with E-state index in [9.17, 15) is 4.79 Å². The van der Waals surface area contributed by atoms with Crippen molar-refractivity contribution >= 4 is 17.4 Å². The summed E-state index contributed by atoms with van der Waals surface area (Å²) in [6.45, 7) is 3.52. The number of carbonyl (C=O) groups is 1. The molecule has 0 N–H and O–H groups in total. The van der Waals surface area contributed by atoms with E-state index in [2.05, 4.69) is 0 Å². The van der Waals surface area contributed by atoms with Crippen molar-refractivity contribution in [3.05, 3.63) is 29.3 Å². The van der Waals surface area contributed by atoms with Crippen LogP contribution in [0.2, 0.25) is 0 Å². The molecule has 0 amide bonds. The number of aryl methyl sites for hydroxylation is 1. The molecule has 0 bridgehead atoms. The highest BCUT2D eigenvalue weighted by Gasteiger charge is 2.19. The number of halogens is 1. The Kier molecular flexibility index (Phi) is 4.15. The highest BCUT2D eigenvalue weighted by atomic mass is 35.5. The molecule has 15 heavy (non-hydrogen) atoms. The Balaban J connectivity index is 3.22. The van der Waals surface area contributed by atoms with E-state index in [4.69, 9.17) is 16.3 Å². The van der Waals surface area contributed by atoms with Gasteiger partial charge in [0.25, 0.3) is 0 Å². The molecule has 0 radical (unpaired) electrons. The van der Waals surface area contributed by atoms with E-state index in [1.807, 2.05) is 25.1 Å². The summed E-state index contributed by atoms with van der Waals surface area (Å²) in [5, 5.41) is -0.619. The van der Waals surface area contributed by atoms with Gasteiger partial charge in [0.2, 0.25) is 0 Å². The molecule has 0 aliphatic heterocycles. The number of alkyl halides is 1. The number of benzene rings is 1. The Morgan fingerprint density at radius 1 is 1.53 bits per heavy atom. The van der Waals surface area contributed by atoms with E-state index >= 15 is 0 Å². The molecule has 0 aromatic heterocycles. The molecule has 0 spiro atoms. The highest BCUT2D eigenvalue weighted by Crippen LogP contribution is 2.33. The molecule has 1 aromatic carbocycles. The van der Waals surface area contributed by atoms with Gasteiger partial charge in [0.05, 0.1) is 7.11 Å². The second kappa shape index (κ2) is 5.17. The van der Waals surface area contributed by atoms with Crippen molar-refractivity contribution in [2.75, 3.05) is 7.11 Å². The summed E-state index contributed by atoms with van der Waals surface area (Å²) in [6, 6.07) is 5.71. The lowest BCUT2D eigenvalue weighted by Gasteiger charge is -2.14. The molecule has 0 heterocycles. The molecule has 1 unspecified atom stereocenters. The highest BCUT2D eigenvalue weighted by molar-refractivity contribution is 6.31. The van der Waals surface area contributed by atoms with Crippen LogP contribution in [-0.4, -0.2) is 12.9 Å². The molecule has 0 aliphatic rings. The number of ketones is 1. The zero-order valence-corrected chi connectivity index (χ0v) is 9.97. The summed E-state index contributed by atoms with van der Waals surface area (Å²) in [4.78, 5) is 11.2. The molecule has 0 saturated heterocycles. The minimum atomic E-state index is -0.619. The normalized spacial score (nSPS) is 12.3. The van der Waals surface area contributed by atoms with Crippen LogP contribution in [-0.2, 0) is 11.2 Å². The number of Topliss-reactive ketones (excluding diaryl/α,β-unsaturated/α-hetero) is 1. The third kappa shape index (κ3) is 2.51. The topological polar surface area (TPSA) is 26.3 Å². The van der Waals surface area contributed by atoms with E-state index in [-0.39, 0.29) is 5.78 Å². The van der Waals surface area contributed by atoms with Crippen LogP contribution in [0.1, 0.15) is 30.4 Å². The van der Waals surface area contributed by atoms with Gasteiger partial charge in [-0.2, -0.15) is 0 Å². The summed E-state index contributed by atoms with van der Waals surface area (Å²) >= 11 is 6.02. The number of hydrogen-bond donors (Lipinski definition) is 0. The van der Waals surface area contributed by atoms with Gasteiger partial charge in [-0.3, -0.25) is 4.79 Å². The molecule has 3 heteroatoms. The quantitative estimate of drug-likeness (QED) is 0.738. The smallest absolute Gasteiger partial charge is 0.152 e. The van der Waals surface area contributed by atoms with Gasteiger partial charge in [-0.1, -0.05) is 25.1 Å². The standard InChI is InChI=1S/C12H15ClO2/c1-4-9-6-5-7-10(12(9)15-3)11(13)8(2)14/h5-7,11H,4H2,1-3H3. The molecule has 0 aliphatic carbocycles. The maximum atomic E-state index is 11.2. The van der Waals surface area contributed by atoms with Crippen molar-refractivity contribution in [1.82, 2.24) is 0 Å². The fourth-order valence-electron chi connectivity index (χ4n) is 1.55. The van der Waals surface area contributed by atoms with Gasteiger partial charge in [0.1, 0.15) is 11.1 Å². The second-order valence-corrected chi connectivity index (χ2v) is 3.80. The number of methoxy groups -OCH3 is 1. The van der Waals surface area contributed by atoms with E-state index in [1.54, 1.807) is 7.11 Å². The lowest BCUT2D eigenvalue weighted by atomic mass is 10.0. The molecule has 1 atom stereocenters. The molecule has 0 fully saturated rings. The lowest BCUT2D eigenvalue weighted by molar-refractivity contribution is -0.116. The number of para-hydroxylation sites is 1. The first-order chi connectivity index (χ1) is 7.11. The molecular formula is C12H15ClO2. The van der Waals surface area contributed by atoms with Gasteiger partial charge < -0.3 is 4.74 Å². The van der Waals surface area contributed by atoms with Crippen molar-refractivity contribution in [1.29, 1.82) is 0 Å². The van der Waals surface area contributed by atoms with Crippen LogP contribution in [0.15, 0.2) is 18.2 Å². The molecule has 82 valence electrons. The van der Waals surface area contributed by atoms with Crippen molar-refractivity contribution in [3.8, 4) is 5.75 Å². The van der Waals surface area contributed by atoms with Gasteiger partial charge in [-0.15, -0.1) is 11.6 Å². The summed E-state index contributed by atoms with van der Waals surface area (Å²) in [6.07, 6.45) is 0.860. The first-order valence-electron chi connectivity index (χ1n) is 4.92. The summed E-state index contributed by atoms with van der Waals surface area (Å²) in [5.74, 6) is 0.665. The third-order valence-electron chi connectivity index (χ3n) is 2.34. The fraction of sp³-hybridized carbons (Fsp3) is 0.417. The van der Waals surface area contributed by atoms with Crippen LogP contribution in [0, 0.1) is 0 Å². The lowest BCUT2D eigenvalue weighted by Crippen LogP contribution is -2.05. The second-order valence-electron chi connectivity index (χ2n) is 3.37. The van der Waals surface area contributed by atoms with E-state index in [1.165, 1.54) is 6.92 Å². The van der Waals surface area contributed by atoms with Crippen LogP contribution in [0.5, 0.6) is 5.75 Å². The monoisotopic (exact) mass is 226 g/mol. The molecule has 2 nitrogen and oxygen atoms in total. The maximum absolute atomic E-state index is 11.2. The zero-order chi connectivity index (χ0) is 11.4. The Morgan fingerprint density at radius 2 is 2.20 bits per heavy atom. The summed E-state index contributed by atoms with van der Waals surface area (Å²) in [7, 11) is 1.60. The first-order valence-corrected chi connectivity index (χ1v) is 5.35. The molecule has 1 aromatic rings. The van der Waals surface area contributed by atoms with Crippen molar-refractivity contribution in [3.63, 3.8) is 0 Å². The summed E-state index contributed by atoms with van der Waals surface area (Å²) < 4.78 is 5.30.